The van der Waals surface area contributed by atoms with Crippen LogP contribution in [0.5, 0.6) is 5.75 Å². The van der Waals surface area contributed by atoms with E-state index in [0.29, 0.717) is 11.3 Å². The van der Waals surface area contributed by atoms with Gasteiger partial charge in [-0.05, 0) is 57.6 Å². The maximum Gasteiger partial charge on any atom is 0.271 e. The van der Waals surface area contributed by atoms with Crippen LogP contribution in [0.2, 0.25) is 0 Å². The van der Waals surface area contributed by atoms with E-state index >= 15 is 0 Å². The zero-order chi connectivity index (χ0) is 13.7. The minimum Gasteiger partial charge on any atom is -0.496 e. The minimum absolute atomic E-state index is 0.263. The third-order valence-electron chi connectivity index (χ3n) is 2.34. The van der Waals surface area contributed by atoms with E-state index in [0.717, 1.165) is 9.13 Å². The summed E-state index contributed by atoms with van der Waals surface area (Å²) in [6.07, 6.45) is 1.61. The fourth-order valence-electron chi connectivity index (χ4n) is 1.38. The summed E-state index contributed by atoms with van der Waals surface area (Å²) in [6, 6.07) is 7.18. The molecule has 0 aliphatic rings. The number of ether oxygens (including phenoxy) is 1. The molecule has 0 atom stereocenters. The number of carbonyl (C=O) groups is 1. The number of hydrazone groups is 1. The Morgan fingerprint density at radius 2 is 2.32 bits per heavy atom. The highest BCUT2D eigenvalue weighted by molar-refractivity contribution is 14.1. The Labute approximate surface area is 128 Å². The van der Waals surface area contributed by atoms with E-state index in [-0.39, 0.29) is 5.91 Å². The van der Waals surface area contributed by atoms with Crippen LogP contribution in [-0.4, -0.2) is 19.2 Å². The molecule has 0 fully saturated rings. The number of halogens is 1. The quantitative estimate of drug-likeness (QED) is 0.499. The van der Waals surface area contributed by atoms with Gasteiger partial charge in [0.25, 0.3) is 5.91 Å². The molecule has 0 saturated carbocycles. The molecule has 0 aliphatic heterocycles. The van der Waals surface area contributed by atoms with Crippen molar-refractivity contribution >= 4 is 46.0 Å². The maximum atomic E-state index is 11.9. The first-order chi connectivity index (χ1) is 9.20. The van der Waals surface area contributed by atoms with Gasteiger partial charge in [0, 0.05) is 11.1 Å². The van der Waals surface area contributed by atoms with E-state index in [1.54, 1.807) is 36.8 Å². The molecule has 1 heterocycles. The van der Waals surface area contributed by atoms with Gasteiger partial charge in [0.1, 0.15) is 5.75 Å². The number of amides is 1. The molecule has 0 bridgehead atoms. The topological polar surface area (TPSA) is 50.7 Å². The Kier molecular flexibility index (Phi) is 4.92. The van der Waals surface area contributed by atoms with Crippen LogP contribution < -0.4 is 10.2 Å². The third-order valence-corrected chi connectivity index (χ3v) is 3.93. The lowest BCUT2D eigenvalue weighted by molar-refractivity contribution is 0.0955. The fraction of sp³-hybridized carbons (Fsp3) is 0.0769. The van der Waals surface area contributed by atoms with Crippen molar-refractivity contribution < 1.29 is 9.53 Å². The summed E-state index contributed by atoms with van der Waals surface area (Å²) in [5.41, 5.74) is 3.96. The molecule has 1 aromatic carbocycles. The van der Waals surface area contributed by atoms with Crippen LogP contribution in [0.15, 0.2) is 40.1 Å². The average molecular weight is 386 g/mol. The fourth-order valence-corrected chi connectivity index (χ4v) is 2.55. The molecule has 0 spiro atoms. The first-order valence-corrected chi connectivity index (χ1v) is 7.42. The second-order valence-corrected chi connectivity index (χ2v) is 5.55. The lowest BCUT2D eigenvalue weighted by Crippen LogP contribution is -2.17. The predicted molar refractivity (Wildman–Crippen MR) is 85.1 cm³/mol. The van der Waals surface area contributed by atoms with Crippen molar-refractivity contribution in [2.45, 2.75) is 0 Å². The highest BCUT2D eigenvalue weighted by Gasteiger charge is 2.07. The Morgan fingerprint density at radius 3 is 3.00 bits per heavy atom. The molecule has 0 radical (unpaired) electrons. The number of nitrogens with zero attached hydrogens (tertiary/aromatic N) is 1. The molecule has 1 N–H and O–H groups in total. The van der Waals surface area contributed by atoms with Gasteiger partial charge in [-0.2, -0.15) is 16.4 Å². The van der Waals surface area contributed by atoms with Gasteiger partial charge in [-0.1, -0.05) is 0 Å². The highest BCUT2D eigenvalue weighted by atomic mass is 127. The summed E-state index contributed by atoms with van der Waals surface area (Å²) in [5.74, 6) is 0.413. The van der Waals surface area contributed by atoms with Crippen molar-refractivity contribution in [3.63, 3.8) is 0 Å². The summed E-state index contributed by atoms with van der Waals surface area (Å²) >= 11 is 3.73. The van der Waals surface area contributed by atoms with E-state index in [1.165, 1.54) is 0 Å². The van der Waals surface area contributed by atoms with E-state index in [2.05, 4.69) is 33.1 Å². The molecule has 2 aromatic rings. The van der Waals surface area contributed by atoms with Crippen LogP contribution >= 0.6 is 33.9 Å². The Hall–Kier alpha value is -1.41. The molecule has 1 amide bonds. The highest BCUT2D eigenvalue weighted by Crippen LogP contribution is 2.21. The molecule has 2 rings (SSSR count). The monoisotopic (exact) mass is 386 g/mol. The molecule has 4 nitrogen and oxygen atoms in total. The number of hydrogen-bond acceptors (Lipinski definition) is 4. The predicted octanol–water partition coefficient (Wildman–Crippen LogP) is 3.13. The van der Waals surface area contributed by atoms with Crippen molar-refractivity contribution in [1.29, 1.82) is 0 Å². The van der Waals surface area contributed by atoms with Gasteiger partial charge in [0.2, 0.25) is 0 Å². The summed E-state index contributed by atoms with van der Waals surface area (Å²) in [5, 5.41) is 7.81. The molecular formula is C13H11IN2O2S. The van der Waals surface area contributed by atoms with Crippen molar-refractivity contribution in [1.82, 2.24) is 5.43 Å². The largest absolute Gasteiger partial charge is 0.496 e. The smallest absolute Gasteiger partial charge is 0.271 e. The van der Waals surface area contributed by atoms with Crippen LogP contribution in [-0.2, 0) is 0 Å². The standard InChI is InChI=1S/C13H11IN2O2S/c1-18-12-6-10(2-3-11(12)14)13(17)16-15-7-9-4-5-19-8-9/h2-8H,1H3,(H,16,17)/b15-7+. The van der Waals surface area contributed by atoms with Crippen LogP contribution in [0, 0.1) is 3.57 Å². The van der Waals surface area contributed by atoms with Crippen LogP contribution in [0.1, 0.15) is 15.9 Å². The van der Waals surface area contributed by atoms with Gasteiger partial charge >= 0.3 is 0 Å². The van der Waals surface area contributed by atoms with Crippen molar-refractivity contribution in [2.75, 3.05) is 7.11 Å². The van der Waals surface area contributed by atoms with E-state index in [1.807, 2.05) is 22.9 Å². The first kappa shape index (κ1) is 14.0. The number of thiophene rings is 1. The molecular weight excluding hydrogens is 375 g/mol. The summed E-state index contributed by atoms with van der Waals surface area (Å²) in [6.45, 7) is 0. The minimum atomic E-state index is -0.263. The first-order valence-electron chi connectivity index (χ1n) is 5.40. The maximum absolute atomic E-state index is 11.9. The number of nitrogens with one attached hydrogen (secondary N) is 1. The van der Waals surface area contributed by atoms with Crippen molar-refractivity contribution in [2.24, 2.45) is 5.10 Å². The number of carbonyl (C=O) groups excluding carboxylic acids is 1. The van der Waals surface area contributed by atoms with Gasteiger partial charge in [0.15, 0.2) is 0 Å². The van der Waals surface area contributed by atoms with Gasteiger partial charge in [-0.3, -0.25) is 4.79 Å². The van der Waals surface area contributed by atoms with Crippen molar-refractivity contribution in [3.05, 3.63) is 49.7 Å². The number of benzene rings is 1. The van der Waals surface area contributed by atoms with Crippen LogP contribution in [0.25, 0.3) is 0 Å². The van der Waals surface area contributed by atoms with Crippen LogP contribution in [0.4, 0.5) is 0 Å². The second kappa shape index (κ2) is 6.67. The summed E-state index contributed by atoms with van der Waals surface area (Å²) < 4.78 is 6.13. The van der Waals surface area contributed by atoms with Gasteiger partial charge in [-0.15, -0.1) is 0 Å². The van der Waals surface area contributed by atoms with Crippen LogP contribution in [0.3, 0.4) is 0 Å². The van der Waals surface area contributed by atoms with E-state index in [4.69, 9.17) is 4.74 Å². The SMILES string of the molecule is COc1cc(C(=O)N/N=C/c2ccsc2)ccc1I. The third kappa shape index (κ3) is 3.77. The van der Waals surface area contributed by atoms with Gasteiger partial charge in [-0.25, -0.2) is 5.43 Å². The number of hydrogen-bond donors (Lipinski definition) is 1. The molecule has 0 saturated heterocycles. The Bertz CT molecular complexity index is 597. The lowest BCUT2D eigenvalue weighted by atomic mass is 10.2. The molecule has 1 aromatic heterocycles. The Balaban J connectivity index is 2.04. The van der Waals surface area contributed by atoms with E-state index in [9.17, 15) is 4.79 Å². The molecule has 0 aliphatic carbocycles. The van der Waals surface area contributed by atoms with Gasteiger partial charge in [0.05, 0.1) is 16.9 Å². The molecule has 6 heteroatoms. The summed E-state index contributed by atoms with van der Waals surface area (Å²) in [7, 11) is 1.58. The zero-order valence-corrected chi connectivity index (χ0v) is 13.1. The molecule has 98 valence electrons. The number of rotatable bonds is 4. The van der Waals surface area contributed by atoms with Gasteiger partial charge < -0.3 is 4.74 Å². The normalized spacial score (nSPS) is 10.6. The zero-order valence-electron chi connectivity index (χ0n) is 10.1. The number of methoxy groups -OCH3 is 1. The Morgan fingerprint density at radius 1 is 1.47 bits per heavy atom. The lowest BCUT2D eigenvalue weighted by Gasteiger charge is -2.05. The average Bonchev–Trinajstić information content (AvgIpc) is 2.92. The molecule has 0 unspecified atom stereocenters. The second-order valence-electron chi connectivity index (χ2n) is 3.61. The molecule has 19 heavy (non-hydrogen) atoms. The summed E-state index contributed by atoms with van der Waals surface area (Å²) in [4.78, 5) is 11.9. The van der Waals surface area contributed by atoms with Crippen molar-refractivity contribution in [3.8, 4) is 5.75 Å². The van der Waals surface area contributed by atoms with E-state index < -0.39 is 0 Å².